The second-order valence-corrected chi connectivity index (χ2v) is 6.86. The number of nitrogens with two attached hydrogens (primary N) is 1. The average molecular weight is 297 g/mol. The quantitative estimate of drug-likeness (QED) is 0.913. The zero-order valence-corrected chi connectivity index (χ0v) is 12.8. The van der Waals surface area contributed by atoms with Crippen LogP contribution in [-0.2, 0) is 11.2 Å². The lowest BCUT2D eigenvalue weighted by Gasteiger charge is -2.21. The van der Waals surface area contributed by atoms with E-state index in [0.29, 0.717) is 6.42 Å². The minimum atomic E-state index is -0.432. The number of amides is 1. The Morgan fingerprint density at radius 1 is 1.27 bits per heavy atom. The third-order valence-electron chi connectivity index (χ3n) is 5.47. The summed E-state index contributed by atoms with van der Waals surface area (Å²) in [6, 6.07) is 7.73. The molecule has 22 heavy (non-hydrogen) atoms. The van der Waals surface area contributed by atoms with Crippen LogP contribution < -0.4 is 5.73 Å². The van der Waals surface area contributed by atoms with Crippen molar-refractivity contribution in [3.05, 3.63) is 36.0 Å². The maximum atomic E-state index is 12.6. The molecule has 4 nitrogen and oxygen atoms in total. The molecule has 1 aliphatic heterocycles. The number of aromatic nitrogens is 1. The van der Waals surface area contributed by atoms with E-state index in [1.165, 1.54) is 24.6 Å². The van der Waals surface area contributed by atoms with Crippen molar-refractivity contribution in [1.82, 2.24) is 9.88 Å². The van der Waals surface area contributed by atoms with E-state index in [9.17, 15) is 4.79 Å². The number of H-pyrrole nitrogens is 1. The molecule has 2 heterocycles. The van der Waals surface area contributed by atoms with Crippen molar-refractivity contribution < 1.29 is 4.79 Å². The smallest absolute Gasteiger partial charge is 0.239 e. The number of benzene rings is 1. The average Bonchev–Trinajstić information content (AvgIpc) is 3.21. The molecule has 1 saturated heterocycles. The first-order chi connectivity index (χ1) is 10.7. The molecule has 1 aromatic carbocycles. The van der Waals surface area contributed by atoms with Gasteiger partial charge in [-0.3, -0.25) is 4.79 Å². The Balaban J connectivity index is 1.45. The highest BCUT2D eigenvalue weighted by molar-refractivity contribution is 5.86. The number of hydrogen-bond donors (Lipinski definition) is 2. The number of carbonyl (C=O) groups is 1. The van der Waals surface area contributed by atoms with Crippen molar-refractivity contribution in [1.29, 1.82) is 0 Å². The fourth-order valence-electron chi connectivity index (χ4n) is 4.27. The molecule has 0 radical (unpaired) electrons. The van der Waals surface area contributed by atoms with Gasteiger partial charge in [0.15, 0.2) is 0 Å². The van der Waals surface area contributed by atoms with Gasteiger partial charge in [-0.25, -0.2) is 0 Å². The number of nitrogens with zero attached hydrogens (tertiary/aromatic N) is 1. The summed E-state index contributed by atoms with van der Waals surface area (Å²) in [4.78, 5) is 17.9. The van der Waals surface area contributed by atoms with Crippen molar-refractivity contribution in [2.75, 3.05) is 13.1 Å². The van der Waals surface area contributed by atoms with E-state index >= 15 is 0 Å². The Hall–Kier alpha value is -1.81. The number of nitrogens with one attached hydrogen (secondary N) is 1. The van der Waals surface area contributed by atoms with E-state index in [2.05, 4.69) is 11.1 Å². The van der Waals surface area contributed by atoms with Crippen LogP contribution in [0.1, 0.15) is 24.8 Å². The molecule has 3 N–H and O–H groups in total. The molecule has 3 atom stereocenters. The molecule has 2 aliphatic rings. The molecule has 0 bridgehead atoms. The Morgan fingerprint density at radius 3 is 2.77 bits per heavy atom. The third-order valence-corrected chi connectivity index (χ3v) is 5.47. The Bertz CT molecular complexity index is 680. The van der Waals surface area contributed by atoms with Crippen molar-refractivity contribution in [2.45, 2.75) is 31.7 Å². The number of fused-ring (bicyclic) bond motifs is 2. The van der Waals surface area contributed by atoms with Crippen LogP contribution in [0.25, 0.3) is 10.9 Å². The highest BCUT2D eigenvalue weighted by atomic mass is 16.2. The van der Waals surface area contributed by atoms with E-state index in [1.807, 2.05) is 29.3 Å². The number of para-hydroxylation sites is 1. The molecule has 1 saturated carbocycles. The van der Waals surface area contributed by atoms with Gasteiger partial charge >= 0.3 is 0 Å². The standard InChI is InChI=1S/C18H23N3O/c19-16(8-14-9-20-17-7-2-1-6-15(14)17)18(22)21-10-12-4-3-5-13(12)11-21/h1-2,6-7,9,12-13,16,20H,3-5,8,10-11,19H2/t12?,13?,16-/m0/s1. The maximum absolute atomic E-state index is 12.6. The molecule has 2 unspecified atom stereocenters. The van der Waals surface area contributed by atoms with Gasteiger partial charge < -0.3 is 15.6 Å². The fraction of sp³-hybridized carbons (Fsp3) is 0.500. The summed E-state index contributed by atoms with van der Waals surface area (Å²) in [7, 11) is 0. The number of likely N-dealkylation sites (tertiary alicyclic amines) is 1. The van der Waals surface area contributed by atoms with Crippen molar-refractivity contribution in [3.63, 3.8) is 0 Å². The second-order valence-electron chi connectivity index (χ2n) is 6.86. The Morgan fingerprint density at radius 2 is 2.00 bits per heavy atom. The van der Waals surface area contributed by atoms with E-state index in [-0.39, 0.29) is 5.91 Å². The molecular weight excluding hydrogens is 274 g/mol. The SMILES string of the molecule is N[C@@H](Cc1c[nH]c2ccccc12)C(=O)N1CC2CCCC2C1. The summed E-state index contributed by atoms with van der Waals surface area (Å²) in [5.41, 5.74) is 8.46. The maximum Gasteiger partial charge on any atom is 0.239 e. The topological polar surface area (TPSA) is 62.1 Å². The zero-order valence-electron chi connectivity index (χ0n) is 12.8. The van der Waals surface area contributed by atoms with Crippen LogP contribution in [0.15, 0.2) is 30.5 Å². The van der Waals surface area contributed by atoms with Gasteiger partial charge in [-0.15, -0.1) is 0 Å². The monoisotopic (exact) mass is 297 g/mol. The van der Waals surface area contributed by atoms with Crippen LogP contribution in [0.5, 0.6) is 0 Å². The third kappa shape index (κ3) is 2.31. The first kappa shape index (κ1) is 13.8. The van der Waals surface area contributed by atoms with E-state index in [1.54, 1.807) is 0 Å². The van der Waals surface area contributed by atoms with Gasteiger partial charge in [-0.05, 0) is 42.7 Å². The highest BCUT2D eigenvalue weighted by Crippen LogP contribution is 2.37. The van der Waals surface area contributed by atoms with Gasteiger partial charge in [0.05, 0.1) is 6.04 Å². The predicted octanol–water partition coefficient (Wildman–Crippen LogP) is 2.30. The molecule has 2 aromatic rings. The molecule has 1 aliphatic carbocycles. The van der Waals surface area contributed by atoms with Crippen molar-refractivity contribution in [3.8, 4) is 0 Å². The molecule has 116 valence electrons. The summed E-state index contributed by atoms with van der Waals surface area (Å²) < 4.78 is 0. The van der Waals surface area contributed by atoms with Crippen LogP contribution in [-0.4, -0.2) is 34.9 Å². The van der Waals surface area contributed by atoms with Crippen LogP contribution >= 0.6 is 0 Å². The molecular formula is C18H23N3O. The zero-order chi connectivity index (χ0) is 15.1. The lowest BCUT2D eigenvalue weighted by Crippen LogP contribution is -2.44. The minimum Gasteiger partial charge on any atom is -0.361 e. The molecule has 0 spiro atoms. The number of rotatable bonds is 3. The first-order valence-electron chi connectivity index (χ1n) is 8.32. The van der Waals surface area contributed by atoms with Crippen molar-refractivity contribution >= 4 is 16.8 Å². The summed E-state index contributed by atoms with van der Waals surface area (Å²) >= 11 is 0. The Labute approximate surface area is 130 Å². The van der Waals surface area contributed by atoms with Crippen LogP contribution in [0.3, 0.4) is 0 Å². The first-order valence-corrected chi connectivity index (χ1v) is 8.32. The van der Waals surface area contributed by atoms with Gasteiger partial charge in [0.2, 0.25) is 5.91 Å². The van der Waals surface area contributed by atoms with E-state index < -0.39 is 6.04 Å². The Kier molecular flexibility index (Phi) is 3.41. The van der Waals surface area contributed by atoms with Crippen molar-refractivity contribution in [2.24, 2.45) is 17.6 Å². The van der Waals surface area contributed by atoms with Crippen LogP contribution in [0, 0.1) is 11.8 Å². The predicted molar refractivity (Wildman–Crippen MR) is 87.4 cm³/mol. The highest BCUT2D eigenvalue weighted by Gasteiger charge is 2.39. The van der Waals surface area contributed by atoms with E-state index in [4.69, 9.17) is 5.73 Å². The minimum absolute atomic E-state index is 0.125. The molecule has 4 heteroatoms. The fourth-order valence-corrected chi connectivity index (χ4v) is 4.27. The summed E-state index contributed by atoms with van der Waals surface area (Å²) in [6.07, 6.45) is 6.49. The van der Waals surface area contributed by atoms with Crippen LogP contribution in [0.4, 0.5) is 0 Å². The molecule has 4 rings (SSSR count). The second kappa shape index (κ2) is 5.43. The lowest BCUT2D eigenvalue weighted by atomic mass is 10.0. The normalized spacial score (nSPS) is 25.6. The number of hydrogen-bond acceptors (Lipinski definition) is 2. The molecule has 1 amide bonds. The number of aromatic amines is 1. The molecule has 1 aromatic heterocycles. The summed E-state index contributed by atoms with van der Waals surface area (Å²) in [5, 5.41) is 1.17. The van der Waals surface area contributed by atoms with Gasteiger partial charge in [0, 0.05) is 30.2 Å². The lowest BCUT2D eigenvalue weighted by molar-refractivity contribution is -0.131. The summed E-state index contributed by atoms with van der Waals surface area (Å²) in [6.45, 7) is 1.84. The number of carbonyl (C=O) groups excluding carboxylic acids is 1. The van der Waals surface area contributed by atoms with Gasteiger partial charge in [0.1, 0.15) is 0 Å². The van der Waals surface area contributed by atoms with Gasteiger partial charge in [-0.1, -0.05) is 24.6 Å². The van der Waals surface area contributed by atoms with Gasteiger partial charge in [-0.2, -0.15) is 0 Å². The largest absolute Gasteiger partial charge is 0.361 e. The van der Waals surface area contributed by atoms with E-state index in [0.717, 1.165) is 36.0 Å². The van der Waals surface area contributed by atoms with Gasteiger partial charge in [0.25, 0.3) is 0 Å². The molecule has 2 fully saturated rings. The van der Waals surface area contributed by atoms with Crippen LogP contribution in [0.2, 0.25) is 0 Å². The summed E-state index contributed by atoms with van der Waals surface area (Å²) in [5.74, 6) is 1.58.